The molecule has 1 saturated carbocycles. The molecule has 1 aromatic heterocycles. The van der Waals surface area contributed by atoms with Crippen molar-refractivity contribution in [1.82, 2.24) is 4.98 Å². The van der Waals surface area contributed by atoms with E-state index in [0.717, 1.165) is 19.3 Å². The van der Waals surface area contributed by atoms with Gasteiger partial charge in [-0.2, -0.15) is 4.39 Å². The monoisotopic (exact) mass is 265 g/mol. The van der Waals surface area contributed by atoms with Gasteiger partial charge >= 0.3 is 5.97 Å². The van der Waals surface area contributed by atoms with Gasteiger partial charge in [0.05, 0.1) is 0 Å². The highest BCUT2D eigenvalue weighted by atomic mass is 19.1. The minimum Gasteiger partial charge on any atom is -0.458 e. The Balaban J connectivity index is 2.03. The largest absolute Gasteiger partial charge is 0.458 e. The zero-order chi connectivity index (χ0) is 14.0. The van der Waals surface area contributed by atoms with Crippen LogP contribution in [0.25, 0.3) is 0 Å². The fourth-order valence-electron chi connectivity index (χ4n) is 3.08. The van der Waals surface area contributed by atoms with E-state index in [1.54, 1.807) is 0 Å². The molecule has 0 radical (unpaired) electrons. The van der Waals surface area contributed by atoms with Crippen molar-refractivity contribution >= 4 is 5.97 Å². The summed E-state index contributed by atoms with van der Waals surface area (Å²) in [6.45, 7) is 6.54. The van der Waals surface area contributed by atoms with E-state index in [1.807, 2.05) is 0 Å². The lowest BCUT2D eigenvalue weighted by Crippen LogP contribution is -2.34. The number of rotatable bonds is 2. The smallest absolute Gasteiger partial charge is 0.357 e. The number of carbonyl (C=O) groups is 1. The Morgan fingerprint density at radius 2 is 2.16 bits per heavy atom. The topological polar surface area (TPSA) is 39.2 Å². The van der Waals surface area contributed by atoms with Crippen molar-refractivity contribution in [3.8, 4) is 0 Å². The second-order valence-corrected chi connectivity index (χ2v) is 6.29. The van der Waals surface area contributed by atoms with Crippen molar-refractivity contribution in [2.75, 3.05) is 0 Å². The molecule has 1 aliphatic rings. The summed E-state index contributed by atoms with van der Waals surface area (Å²) in [5, 5.41) is 0. The number of esters is 1. The van der Waals surface area contributed by atoms with Crippen molar-refractivity contribution in [3.63, 3.8) is 0 Å². The fourth-order valence-corrected chi connectivity index (χ4v) is 3.08. The van der Waals surface area contributed by atoms with E-state index >= 15 is 0 Å². The second-order valence-electron chi connectivity index (χ2n) is 6.29. The van der Waals surface area contributed by atoms with Crippen LogP contribution >= 0.6 is 0 Å². The molecule has 1 aromatic rings. The number of halogens is 1. The summed E-state index contributed by atoms with van der Waals surface area (Å²) < 4.78 is 18.4. The standard InChI is InChI=1S/C15H20FNO2/c1-10-7-11(9-15(2,3)8-10)19-14(18)12-5-4-6-13(16)17-12/h4-6,10-11H,7-9H2,1-3H3. The quantitative estimate of drug-likeness (QED) is 0.606. The molecular weight excluding hydrogens is 245 g/mol. The van der Waals surface area contributed by atoms with E-state index in [4.69, 9.17) is 4.74 Å². The Bertz CT molecular complexity index is 473. The number of carbonyl (C=O) groups excluding carboxylic acids is 1. The Morgan fingerprint density at radius 1 is 1.42 bits per heavy atom. The summed E-state index contributed by atoms with van der Waals surface area (Å²) in [5.74, 6) is -0.664. The molecular formula is C15H20FNO2. The van der Waals surface area contributed by atoms with Gasteiger partial charge in [0.2, 0.25) is 5.95 Å². The normalized spacial score (nSPS) is 25.9. The highest BCUT2D eigenvalue weighted by Gasteiger charge is 2.34. The lowest BCUT2D eigenvalue weighted by molar-refractivity contribution is -0.00775. The summed E-state index contributed by atoms with van der Waals surface area (Å²) >= 11 is 0. The molecule has 1 fully saturated rings. The maximum Gasteiger partial charge on any atom is 0.357 e. The van der Waals surface area contributed by atoms with Gasteiger partial charge in [-0.3, -0.25) is 0 Å². The number of hydrogen-bond donors (Lipinski definition) is 0. The molecule has 2 rings (SSSR count). The summed E-state index contributed by atoms with van der Waals surface area (Å²) in [4.78, 5) is 15.5. The summed E-state index contributed by atoms with van der Waals surface area (Å²) in [6.07, 6.45) is 2.75. The molecule has 3 nitrogen and oxygen atoms in total. The summed E-state index contributed by atoms with van der Waals surface area (Å²) in [6, 6.07) is 4.15. The molecule has 2 atom stereocenters. The molecule has 104 valence electrons. The highest BCUT2D eigenvalue weighted by Crippen LogP contribution is 2.39. The zero-order valence-electron chi connectivity index (χ0n) is 11.6. The first-order valence-corrected chi connectivity index (χ1v) is 6.69. The lowest BCUT2D eigenvalue weighted by atomic mass is 9.71. The third kappa shape index (κ3) is 3.75. The van der Waals surface area contributed by atoms with Crippen molar-refractivity contribution in [2.24, 2.45) is 11.3 Å². The maximum atomic E-state index is 13.0. The van der Waals surface area contributed by atoms with Crippen LogP contribution in [0.3, 0.4) is 0 Å². The maximum absolute atomic E-state index is 13.0. The fraction of sp³-hybridized carbons (Fsp3) is 0.600. The number of ether oxygens (including phenoxy) is 1. The third-order valence-corrected chi connectivity index (χ3v) is 3.54. The first-order chi connectivity index (χ1) is 8.85. The van der Waals surface area contributed by atoms with Crippen molar-refractivity contribution < 1.29 is 13.9 Å². The summed E-state index contributed by atoms with van der Waals surface area (Å²) in [5.41, 5.74) is 0.217. The molecule has 0 spiro atoms. The van der Waals surface area contributed by atoms with Crippen molar-refractivity contribution in [1.29, 1.82) is 0 Å². The average Bonchev–Trinajstić information content (AvgIpc) is 2.25. The van der Waals surface area contributed by atoms with E-state index in [-0.39, 0.29) is 17.2 Å². The first-order valence-electron chi connectivity index (χ1n) is 6.69. The zero-order valence-corrected chi connectivity index (χ0v) is 11.6. The van der Waals surface area contributed by atoms with Gasteiger partial charge in [-0.05, 0) is 42.7 Å². The second kappa shape index (κ2) is 5.27. The SMILES string of the molecule is CC1CC(OC(=O)c2cccc(F)n2)CC(C)(C)C1. The Morgan fingerprint density at radius 3 is 2.79 bits per heavy atom. The Hall–Kier alpha value is -1.45. The molecule has 1 aliphatic carbocycles. The predicted molar refractivity (Wildman–Crippen MR) is 70.2 cm³/mol. The molecule has 19 heavy (non-hydrogen) atoms. The molecule has 4 heteroatoms. The molecule has 2 unspecified atom stereocenters. The van der Waals surface area contributed by atoms with E-state index in [0.29, 0.717) is 5.92 Å². The van der Waals surface area contributed by atoms with Crippen molar-refractivity contribution in [3.05, 3.63) is 29.8 Å². The van der Waals surface area contributed by atoms with Crippen LogP contribution in [0.15, 0.2) is 18.2 Å². The van der Waals surface area contributed by atoms with Crippen LogP contribution in [0, 0.1) is 17.3 Å². The van der Waals surface area contributed by atoms with Gasteiger partial charge in [-0.1, -0.05) is 26.8 Å². The van der Waals surface area contributed by atoms with E-state index < -0.39 is 11.9 Å². The summed E-state index contributed by atoms with van der Waals surface area (Å²) in [7, 11) is 0. The number of nitrogens with zero attached hydrogens (tertiary/aromatic N) is 1. The van der Waals surface area contributed by atoms with E-state index in [9.17, 15) is 9.18 Å². The van der Waals surface area contributed by atoms with Crippen LogP contribution in [-0.4, -0.2) is 17.1 Å². The predicted octanol–water partition coefficient (Wildman–Crippen LogP) is 3.59. The molecule has 1 heterocycles. The van der Waals surface area contributed by atoms with Gasteiger partial charge in [-0.25, -0.2) is 9.78 Å². The average molecular weight is 265 g/mol. The molecule has 0 N–H and O–H groups in total. The minimum absolute atomic E-state index is 0.0380. The van der Waals surface area contributed by atoms with Crippen LogP contribution in [0.5, 0.6) is 0 Å². The van der Waals surface area contributed by atoms with E-state index in [1.165, 1.54) is 18.2 Å². The highest BCUT2D eigenvalue weighted by molar-refractivity contribution is 5.87. The number of pyridine rings is 1. The molecule has 0 bridgehead atoms. The molecule has 0 amide bonds. The van der Waals surface area contributed by atoms with Crippen LogP contribution < -0.4 is 0 Å². The molecule has 0 aliphatic heterocycles. The van der Waals surface area contributed by atoms with Crippen LogP contribution in [0.1, 0.15) is 50.5 Å². The Kier molecular flexibility index (Phi) is 3.88. The van der Waals surface area contributed by atoms with Gasteiger partial charge in [-0.15, -0.1) is 0 Å². The van der Waals surface area contributed by atoms with Gasteiger partial charge < -0.3 is 4.74 Å². The van der Waals surface area contributed by atoms with Gasteiger partial charge in [0.25, 0.3) is 0 Å². The third-order valence-electron chi connectivity index (χ3n) is 3.54. The minimum atomic E-state index is -0.660. The lowest BCUT2D eigenvalue weighted by Gasteiger charge is -2.38. The van der Waals surface area contributed by atoms with Crippen LogP contribution in [0.2, 0.25) is 0 Å². The van der Waals surface area contributed by atoms with Gasteiger partial charge in [0, 0.05) is 0 Å². The first kappa shape index (κ1) is 14.0. The van der Waals surface area contributed by atoms with Gasteiger partial charge in [0.15, 0.2) is 5.69 Å². The molecule has 0 saturated heterocycles. The Labute approximate surface area is 113 Å². The van der Waals surface area contributed by atoms with E-state index in [2.05, 4.69) is 25.8 Å². The number of aromatic nitrogens is 1. The van der Waals surface area contributed by atoms with Crippen LogP contribution in [0.4, 0.5) is 4.39 Å². The molecule has 0 aromatic carbocycles. The van der Waals surface area contributed by atoms with Crippen LogP contribution in [-0.2, 0) is 4.74 Å². The van der Waals surface area contributed by atoms with Crippen molar-refractivity contribution in [2.45, 2.75) is 46.1 Å². The van der Waals surface area contributed by atoms with Gasteiger partial charge in [0.1, 0.15) is 6.10 Å². The number of hydrogen-bond acceptors (Lipinski definition) is 3.